The molecule has 11 heavy (non-hydrogen) atoms. The van der Waals surface area contributed by atoms with Gasteiger partial charge in [0, 0.05) is 22.6 Å². The maximum absolute atomic E-state index is 5.51. The highest BCUT2D eigenvalue weighted by atomic mass is 32.2. The predicted octanol–water partition coefficient (Wildman–Crippen LogP) is 2.31. The molecule has 60 valence electrons. The smallest absolute Gasteiger partial charge is 0.0590 e. The van der Waals surface area contributed by atoms with Gasteiger partial charge in [-0.1, -0.05) is 0 Å². The Balaban J connectivity index is 2.52. The summed E-state index contributed by atoms with van der Waals surface area (Å²) in [6.07, 6.45) is 0. The maximum Gasteiger partial charge on any atom is 0.0590 e. The Morgan fingerprint density at radius 3 is 2.55 bits per heavy atom. The molecule has 0 amide bonds. The second-order valence-electron chi connectivity index (χ2n) is 2.06. The van der Waals surface area contributed by atoms with Crippen LogP contribution in [0.5, 0.6) is 0 Å². The Hall–Kier alpha value is -0.670. The Kier molecular flexibility index (Phi) is 3.26. The van der Waals surface area contributed by atoms with E-state index in [0.717, 1.165) is 17.2 Å². The molecule has 0 spiro atoms. The van der Waals surface area contributed by atoms with Crippen molar-refractivity contribution in [2.75, 3.05) is 12.3 Å². The van der Waals surface area contributed by atoms with Gasteiger partial charge in [-0.05, 0) is 31.2 Å². The zero-order valence-corrected chi connectivity index (χ0v) is 7.23. The first-order valence-corrected chi connectivity index (χ1v) is 4.22. The molecule has 0 aliphatic heterocycles. The van der Waals surface area contributed by atoms with Crippen molar-refractivity contribution in [3.05, 3.63) is 24.3 Å². The van der Waals surface area contributed by atoms with Crippen LogP contribution in [0.25, 0.3) is 0 Å². The highest BCUT2D eigenvalue weighted by molar-refractivity contribution is 7.94. The van der Waals surface area contributed by atoms with Crippen LogP contribution in [0, 0.1) is 0 Å². The number of hydrogen-bond donors (Lipinski definition) is 1. The lowest BCUT2D eigenvalue weighted by Crippen LogP contribution is -1.83. The zero-order chi connectivity index (χ0) is 8.10. The summed E-state index contributed by atoms with van der Waals surface area (Å²) in [5.74, 6) is 0. The van der Waals surface area contributed by atoms with Gasteiger partial charge in [0.1, 0.15) is 0 Å². The molecule has 1 aromatic carbocycles. The summed E-state index contributed by atoms with van der Waals surface area (Å²) in [7, 11) is 0. The number of rotatable bonds is 3. The van der Waals surface area contributed by atoms with Crippen LogP contribution in [0.3, 0.4) is 0 Å². The first-order valence-electron chi connectivity index (χ1n) is 3.48. The quantitative estimate of drug-likeness (QED) is 0.557. The van der Waals surface area contributed by atoms with Crippen molar-refractivity contribution in [2.45, 2.75) is 11.8 Å². The van der Waals surface area contributed by atoms with E-state index in [9.17, 15) is 0 Å². The molecule has 0 fully saturated rings. The third kappa shape index (κ3) is 2.82. The van der Waals surface area contributed by atoms with E-state index in [-0.39, 0.29) is 0 Å². The summed E-state index contributed by atoms with van der Waals surface area (Å²) in [6.45, 7) is 2.68. The standard InChI is InChI=1S/C8H11NOS/c1-2-10-11-8-5-3-7(9)4-6-8/h3-6H,2,9H2,1H3. The summed E-state index contributed by atoms with van der Waals surface area (Å²) in [5.41, 5.74) is 6.29. The van der Waals surface area contributed by atoms with Gasteiger partial charge < -0.3 is 9.92 Å². The van der Waals surface area contributed by atoms with Gasteiger partial charge in [-0.2, -0.15) is 0 Å². The van der Waals surface area contributed by atoms with E-state index in [4.69, 9.17) is 9.92 Å². The first kappa shape index (κ1) is 8.43. The maximum atomic E-state index is 5.51. The molecule has 0 bridgehead atoms. The molecule has 2 nitrogen and oxygen atoms in total. The van der Waals surface area contributed by atoms with Crippen molar-refractivity contribution in [3.63, 3.8) is 0 Å². The Morgan fingerprint density at radius 1 is 1.36 bits per heavy atom. The Labute approximate surface area is 70.9 Å². The number of benzene rings is 1. The molecule has 0 atom stereocenters. The summed E-state index contributed by atoms with van der Waals surface area (Å²) < 4.78 is 5.14. The first-order chi connectivity index (χ1) is 5.33. The molecule has 1 aromatic rings. The van der Waals surface area contributed by atoms with Crippen LogP contribution in [-0.2, 0) is 4.18 Å². The molecule has 0 aliphatic rings. The average Bonchev–Trinajstić information content (AvgIpc) is 2.04. The number of nitrogens with two attached hydrogens (primary N) is 1. The SMILES string of the molecule is CCOSc1ccc(N)cc1. The predicted molar refractivity (Wildman–Crippen MR) is 48.3 cm³/mol. The van der Waals surface area contributed by atoms with Crippen molar-refractivity contribution >= 4 is 17.7 Å². The van der Waals surface area contributed by atoms with Gasteiger partial charge in [0.05, 0.1) is 6.61 Å². The highest BCUT2D eigenvalue weighted by Crippen LogP contribution is 2.19. The third-order valence-corrected chi connectivity index (χ3v) is 1.97. The summed E-state index contributed by atoms with van der Waals surface area (Å²) in [4.78, 5) is 1.08. The monoisotopic (exact) mass is 169 g/mol. The minimum absolute atomic E-state index is 0.717. The number of nitrogen functional groups attached to an aromatic ring is 1. The second kappa shape index (κ2) is 4.26. The van der Waals surface area contributed by atoms with E-state index in [2.05, 4.69) is 0 Å². The summed E-state index contributed by atoms with van der Waals surface area (Å²) >= 11 is 1.37. The van der Waals surface area contributed by atoms with Crippen LogP contribution in [0.4, 0.5) is 5.69 Å². The van der Waals surface area contributed by atoms with Crippen LogP contribution < -0.4 is 5.73 Å². The lowest BCUT2D eigenvalue weighted by atomic mass is 10.3. The molecule has 0 saturated heterocycles. The number of anilines is 1. The Bertz CT molecular complexity index is 210. The fraction of sp³-hybridized carbons (Fsp3) is 0.250. The normalized spacial score (nSPS) is 9.91. The zero-order valence-electron chi connectivity index (χ0n) is 6.41. The molecule has 3 heteroatoms. The van der Waals surface area contributed by atoms with Gasteiger partial charge in [0.25, 0.3) is 0 Å². The van der Waals surface area contributed by atoms with Crippen LogP contribution in [0.15, 0.2) is 29.2 Å². The van der Waals surface area contributed by atoms with Crippen LogP contribution >= 0.6 is 12.0 Å². The van der Waals surface area contributed by atoms with E-state index < -0.39 is 0 Å². The Morgan fingerprint density at radius 2 is 2.00 bits per heavy atom. The molecule has 0 aliphatic carbocycles. The van der Waals surface area contributed by atoms with Crippen LogP contribution in [0.1, 0.15) is 6.92 Å². The fourth-order valence-electron chi connectivity index (χ4n) is 0.650. The van der Waals surface area contributed by atoms with Crippen LogP contribution in [0.2, 0.25) is 0 Å². The molecular weight excluding hydrogens is 158 g/mol. The minimum atomic E-state index is 0.717. The molecule has 1 rings (SSSR count). The van der Waals surface area contributed by atoms with E-state index in [0.29, 0.717) is 0 Å². The van der Waals surface area contributed by atoms with Gasteiger partial charge >= 0.3 is 0 Å². The van der Waals surface area contributed by atoms with Crippen LogP contribution in [-0.4, -0.2) is 6.61 Å². The van der Waals surface area contributed by atoms with Crippen molar-refractivity contribution in [3.8, 4) is 0 Å². The lowest BCUT2D eigenvalue weighted by Gasteiger charge is -1.98. The number of hydrogen-bond acceptors (Lipinski definition) is 3. The molecule has 0 unspecified atom stereocenters. The van der Waals surface area contributed by atoms with Gasteiger partial charge in [-0.25, -0.2) is 0 Å². The highest BCUT2D eigenvalue weighted by Gasteiger charge is 1.91. The lowest BCUT2D eigenvalue weighted by molar-refractivity contribution is 0.402. The minimum Gasteiger partial charge on any atom is -0.399 e. The van der Waals surface area contributed by atoms with E-state index >= 15 is 0 Å². The van der Waals surface area contributed by atoms with Gasteiger partial charge in [-0.3, -0.25) is 0 Å². The van der Waals surface area contributed by atoms with E-state index in [1.165, 1.54) is 12.0 Å². The van der Waals surface area contributed by atoms with Gasteiger partial charge in [0.15, 0.2) is 0 Å². The second-order valence-corrected chi connectivity index (χ2v) is 2.93. The molecule has 2 N–H and O–H groups in total. The topological polar surface area (TPSA) is 35.2 Å². The van der Waals surface area contributed by atoms with Crippen molar-refractivity contribution in [1.82, 2.24) is 0 Å². The summed E-state index contributed by atoms with van der Waals surface area (Å²) in [6, 6.07) is 7.61. The fourth-order valence-corrected chi connectivity index (χ4v) is 1.15. The third-order valence-electron chi connectivity index (χ3n) is 1.15. The molecule has 0 aromatic heterocycles. The van der Waals surface area contributed by atoms with E-state index in [1.54, 1.807) is 0 Å². The molecule has 0 heterocycles. The van der Waals surface area contributed by atoms with Crippen molar-refractivity contribution in [1.29, 1.82) is 0 Å². The molecule has 0 saturated carbocycles. The average molecular weight is 169 g/mol. The van der Waals surface area contributed by atoms with Crippen molar-refractivity contribution < 1.29 is 4.18 Å². The summed E-state index contributed by atoms with van der Waals surface area (Å²) in [5, 5.41) is 0. The molecule has 0 radical (unpaired) electrons. The van der Waals surface area contributed by atoms with Gasteiger partial charge in [0.2, 0.25) is 0 Å². The van der Waals surface area contributed by atoms with E-state index in [1.807, 2.05) is 31.2 Å². The van der Waals surface area contributed by atoms with Gasteiger partial charge in [-0.15, -0.1) is 0 Å². The largest absolute Gasteiger partial charge is 0.399 e. The molecular formula is C8H11NOS. The van der Waals surface area contributed by atoms with Crippen molar-refractivity contribution in [2.24, 2.45) is 0 Å².